The van der Waals surface area contributed by atoms with E-state index >= 15 is 0 Å². The van der Waals surface area contributed by atoms with Crippen molar-refractivity contribution in [1.29, 1.82) is 0 Å². The molecule has 240 valence electrons. The lowest BCUT2D eigenvalue weighted by molar-refractivity contribution is 0.669. The zero-order valence-corrected chi connectivity index (χ0v) is 27.7. The molecule has 11 rings (SSSR count). The van der Waals surface area contributed by atoms with Crippen LogP contribution in [0.25, 0.3) is 99.9 Å². The molecule has 0 aliphatic heterocycles. The third kappa shape index (κ3) is 4.12. The second kappa shape index (κ2) is 10.7. The maximum absolute atomic E-state index is 6.57. The molecular formula is C46H29N3O2. The zero-order chi connectivity index (χ0) is 33.6. The normalized spacial score (nSPS) is 13.9. The van der Waals surface area contributed by atoms with Crippen LogP contribution in [0.3, 0.4) is 0 Å². The molecule has 1 unspecified atom stereocenters. The van der Waals surface area contributed by atoms with Crippen LogP contribution in [0.5, 0.6) is 0 Å². The molecule has 0 N–H and O–H groups in total. The number of furan rings is 2. The molecule has 5 nitrogen and oxygen atoms in total. The van der Waals surface area contributed by atoms with Crippen molar-refractivity contribution in [3.8, 4) is 45.3 Å². The van der Waals surface area contributed by atoms with E-state index in [9.17, 15) is 0 Å². The number of benzene rings is 7. The van der Waals surface area contributed by atoms with E-state index in [0.29, 0.717) is 23.4 Å². The zero-order valence-electron chi connectivity index (χ0n) is 27.7. The summed E-state index contributed by atoms with van der Waals surface area (Å²) in [5, 5.41) is 6.26. The van der Waals surface area contributed by atoms with Crippen molar-refractivity contribution in [2.24, 2.45) is 0 Å². The van der Waals surface area contributed by atoms with Gasteiger partial charge in [-0.3, -0.25) is 0 Å². The Kier molecular flexibility index (Phi) is 5.93. The van der Waals surface area contributed by atoms with Crippen molar-refractivity contribution >= 4 is 54.6 Å². The summed E-state index contributed by atoms with van der Waals surface area (Å²) in [5.41, 5.74) is 11.4. The lowest BCUT2D eigenvalue weighted by Crippen LogP contribution is -2.01. The van der Waals surface area contributed by atoms with Gasteiger partial charge in [-0.15, -0.1) is 0 Å². The van der Waals surface area contributed by atoms with Gasteiger partial charge in [0.1, 0.15) is 22.3 Å². The van der Waals surface area contributed by atoms with Crippen molar-refractivity contribution in [2.75, 3.05) is 0 Å². The molecule has 1 aliphatic rings. The summed E-state index contributed by atoms with van der Waals surface area (Å²) >= 11 is 0. The molecule has 1 atom stereocenters. The Morgan fingerprint density at radius 2 is 1.10 bits per heavy atom. The largest absolute Gasteiger partial charge is 0.456 e. The molecule has 3 heterocycles. The van der Waals surface area contributed by atoms with Gasteiger partial charge in [0.05, 0.1) is 0 Å². The number of nitrogens with zero attached hydrogens (tertiary/aromatic N) is 3. The van der Waals surface area contributed by atoms with Crippen LogP contribution in [0.15, 0.2) is 148 Å². The number of fused-ring (bicyclic) bond motifs is 11. The molecular weight excluding hydrogens is 627 g/mol. The lowest BCUT2D eigenvalue weighted by atomic mass is 9.93. The Morgan fingerprint density at radius 1 is 0.471 bits per heavy atom. The summed E-state index contributed by atoms with van der Waals surface area (Å²) in [7, 11) is 0. The molecule has 0 saturated carbocycles. The number of rotatable bonds is 4. The van der Waals surface area contributed by atoms with Crippen molar-refractivity contribution in [2.45, 2.75) is 19.3 Å². The standard InChI is InChI=1S/C46H29N3O2/c1-2-28-30-13-5-6-14-31(30)32-23-22-27(25-37(28)32)44-47-45(35-16-9-19-39-41(35)33-15-7-8-18-38(33)50-39)49-46(48-44)36-17-10-20-40-42(36)34-24-21-26-11-3-4-12-29(26)43(34)51-40/h3-25,28H,2H2,1H3. The van der Waals surface area contributed by atoms with Gasteiger partial charge >= 0.3 is 0 Å². The predicted octanol–water partition coefficient (Wildman–Crippen LogP) is 12.3. The minimum atomic E-state index is 0.323. The number of para-hydroxylation sites is 1. The van der Waals surface area contributed by atoms with Crippen LogP contribution in [0.4, 0.5) is 0 Å². The fourth-order valence-corrected chi connectivity index (χ4v) is 8.34. The first-order chi connectivity index (χ1) is 25.2. The van der Waals surface area contributed by atoms with E-state index in [2.05, 4.69) is 104 Å². The molecule has 0 radical (unpaired) electrons. The molecule has 7 aromatic carbocycles. The van der Waals surface area contributed by atoms with Crippen LogP contribution in [0, 0.1) is 0 Å². The van der Waals surface area contributed by atoms with Crippen LogP contribution in [0.2, 0.25) is 0 Å². The van der Waals surface area contributed by atoms with Gasteiger partial charge in [-0.05, 0) is 64.4 Å². The Bertz CT molecular complexity index is 3040. The maximum Gasteiger partial charge on any atom is 0.164 e. The minimum Gasteiger partial charge on any atom is -0.456 e. The van der Waals surface area contributed by atoms with Crippen LogP contribution in [-0.4, -0.2) is 15.0 Å². The fraction of sp³-hybridized carbons (Fsp3) is 0.0652. The number of hydrogen-bond acceptors (Lipinski definition) is 5. The van der Waals surface area contributed by atoms with Crippen molar-refractivity contribution in [1.82, 2.24) is 15.0 Å². The highest BCUT2D eigenvalue weighted by Gasteiger charge is 2.28. The monoisotopic (exact) mass is 655 g/mol. The molecule has 0 saturated heterocycles. The summed E-state index contributed by atoms with van der Waals surface area (Å²) in [4.78, 5) is 15.8. The van der Waals surface area contributed by atoms with Crippen LogP contribution < -0.4 is 0 Å². The van der Waals surface area contributed by atoms with Crippen LogP contribution in [0.1, 0.15) is 30.4 Å². The second-order valence-corrected chi connectivity index (χ2v) is 13.4. The van der Waals surface area contributed by atoms with Gasteiger partial charge < -0.3 is 8.83 Å². The Labute approximate surface area is 292 Å². The fourth-order valence-electron chi connectivity index (χ4n) is 8.34. The Hall–Kier alpha value is -6.59. The smallest absolute Gasteiger partial charge is 0.164 e. The summed E-state index contributed by atoms with van der Waals surface area (Å²) in [6.07, 6.45) is 1.01. The number of aromatic nitrogens is 3. The van der Waals surface area contributed by atoms with Crippen LogP contribution in [-0.2, 0) is 0 Å². The quantitative estimate of drug-likeness (QED) is 0.189. The molecule has 0 spiro atoms. The van der Waals surface area contributed by atoms with Gasteiger partial charge in [-0.1, -0.05) is 116 Å². The van der Waals surface area contributed by atoms with Gasteiger partial charge in [0.2, 0.25) is 0 Å². The second-order valence-electron chi connectivity index (χ2n) is 13.4. The van der Waals surface area contributed by atoms with Gasteiger partial charge in [0.25, 0.3) is 0 Å². The Morgan fingerprint density at radius 3 is 1.92 bits per heavy atom. The van der Waals surface area contributed by atoms with E-state index in [1.54, 1.807) is 0 Å². The summed E-state index contributed by atoms with van der Waals surface area (Å²) in [5.74, 6) is 2.14. The molecule has 3 aromatic heterocycles. The average Bonchev–Trinajstić information content (AvgIpc) is 3.87. The van der Waals surface area contributed by atoms with Gasteiger partial charge in [-0.2, -0.15) is 0 Å². The predicted molar refractivity (Wildman–Crippen MR) is 206 cm³/mol. The average molecular weight is 656 g/mol. The maximum atomic E-state index is 6.57. The SMILES string of the molecule is CCC1c2ccccc2-c2ccc(-c3nc(-c4cccc5oc6ccccc6c45)nc(-c4cccc5oc6c7ccccc7ccc6c45)n3)cc21. The third-order valence-corrected chi connectivity index (χ3v) is 10.6. The molecule has 0 fully saturated rings. The molecule has 51 heavy (non-hydrogen) atoms. The molecule has 0 amide bonds. The van der Waals surface area contributed by atoms with E-state index in [0.717, 1.165) is 77.8 Å². The van der Waals surface area contributed by atoms with Crippen LogP contribution >= 0.6 is 0 Å². The minimum absolute atomic E-state index is 0.323. The van der Waals surface area contributed by atoms with E-state index < -0.39 is 0 Å². The highest BCUT2D eigenvalue weighted by atomic mass is 16.3. The van der Waals surface area contributed by atoms with E-state index in [1.807, 2.05) is 42.5 Å². The first-order valence-corrected chi connectivity index (χ1v) is 17.5. The Balaban J connectivity index is 1.19. The van der Waals surface area contributed by atoms with E-state index in [4.69, 9.17) is 23.8 Å². The van der Waals surface area contributed by atoms with Gasteiger partial charge in [0.15, 0.2) is 17.5 Å². The van der Waals surface area contributed by atoms with Crippen molar-refractivity contribution in [3.63, 3.8) is 0 Å². The third-order valence-electron chi connectivity index (χ3n) is 10.6. The van der Waals surface area contributed by atoms with E-state index in [-0.39, 0.29) is 0 Å². The van der Waals surface area contributed by atoms with Gasteiger partial charge in [-0.25, -0.2) is 15.0 Å². The summed E-state index contributed by atoms with van der Waals surface area (Å²) in [6, 6.07) is 48.5. The lowest BCUT2D eigenvalue weighted by Gasteiger charge is -2.13. The highest BCUT2D eigenvalue weighted by Crippen LogP contribution is 2.48. The molecule has 0 bridgehead atoms. The topological polar surface area (TPSA) is 65.0 Å². The molecule has 5 heteroatoms. The summed E-state index contributed by atoms with van der Waals surface area (Å²) < 4.78 is 12.9. The van der Waals surface area contributed by atoms with Crippen molar-refractivity contribution in [3.05, 3.63) is 151 Å². The highest BCUT2D eigenvalue weighted by molar-refractivity contribution is 6.19. The molecule has 1 aliphatic carbocycles. The number of hydrogen-bond donors (Lipinski definition) is 0. The first-order valence-electron chi connectivity index (χ1n) is 17.5. The van der Waals surface area contributed by atoms with Gasteiger partial charge in [0, 0.05) is 49.5 Å². The molecule has 10 aromatic rings. The van der Waals surface area contributed by atoms with E-state index in [1.165, 1.54) is 22.3 Å². The summed E-state index contributed by atoms with van der Waals surface area (Å²) in [6.45, 7) is 2.26. The van der Waals surface area contributed by atoms with Crippen molar-refractivity contribution < 1.29 is 8.83 Å². The first kappa shape index (κ1) is 28.3.